The number of aromatic nitrogens is 4. The number of imidazole rings is 2. The summed E-state index contributed by atoms with van der Waals surface area (Å²) >= 11 is 0. The first-order valence-electron chi connectivity index (χ1n) is 7.03. The van der Waals surface area contributed by atoms with E-state index in [0.717, 1.165) is 42.1 Å². The highest BCUT2D eigenvalue weighted by Crippen LogP contribution is 2.30. The first-order valence-corrected chi connectivity index (χ1v) is 7.03. The number of aromatic amines is 1. The van der Waals surface area contributed by atoms with E-state index >= 15 is 0 Å². The van der Waals surface area contributed by atoms with Crippen molar-refractivity contribution in [1.29, 1.82) is 0 Å². The predicted molar refractivity (Wildman–Crippen MR) is 78.4 cm³/mol. The molecule has 2 aromatic heterocycles. The molecule has 3 heterocycles. The number of fused-ring (bicyclic) bond motifs is 2. The van der Waals surface area contributed by atoms with Crippen LogP contribution in [0, 0.1) is 0 Å². The van der Waals surface area contributed by atoms with Crippen LogP contribution in [-0.2, 0) is 19.5 Å². The maximum Gasteiger partial charge on any atom is 0.123 e. The summed E-state index contributed by atoms with van der Waals surface area (Å²) in [6, 6.07) is 6.32. The lowest BCUT2D eigenvalue weighted by atomic mass is 10.1. The Balaban J connectivity index is 1.86. The molecular weight excluding hydrogens is 250 g/mol. The minimum atomic E-state index is 0.819. The van der Waals surface area contributed by atoms with Crippen LogP contribution in [-0.4, -0.2) is 26.6 Å². The zero-order valence-electron chi connectivity index (χ0n) is 11.5. The van der Waals surface area contributed by atoms with Gasteiger partial charge in [-0.15, -0.1) is 0 Å². The lowest BCUT2D eigenvalue weighted by Gasteiger charge is -2.02. The highest BCUT2D eigenvalue weighted by atomic mass is 15.1. The lowest BCUT2D eigenvalue weighted by Crippen LogP contribution is -2.11. The van der Waals surface area contributed by atoms with Gasteiger partial charge >= 0.3 is 0 Å². The van der Waals surface area contributed by atoms with Gasteiger partial charge in [0.25, 0.3) is 0 Å². The molecule has 1 aliphatic heterocycles. The van der Waals surface area contributed by atoms with Gasteiger partial charge in [0.1, 0.15) is 5.82 Å². The second-order valence-electron chi connectivity index (χ2n) is 5.24. The van der Waals surface area contributed by atoms with Gasteiger partial charge in [0.15, 0.2) is 0 Å². The maximum absolute atomic E-state index is 4.85. The van der Waals surface area contributed by atoms with Crippen molar-refractivity contribution in [2.75, 3.05) is 7.05 Å². The summed E-state index contributed by atoms with van der Waals surface area (Å²) in [5.41, 5.74) is 5.74. The third-order valence-corrected chi connectivity index (χ3v) is 3.98. The summed E-state index contributed by atoms with van der Waals surface area (Å²) in [6.45, 7) is 1.91. The van der Waals surface area contributed by atoms with Crippen molar-refractivity contribution in [3.8, 4) is 11.3 Å². The van der Waals surface area contributed by atoms with Crippen LogP contribution in [0.3, 0.4) is 0 Å². The molecule has 0 amide bonds. The van der Waals surface area contributed by atoms with Crippen molar-refractivity contribution in [2.24, 2.45) is 0 Å². The van der Waals surface area contributed by atoms with E-state index < -0.39 is 0 Å². The van der Waals surface area contributed by atoms with Crippen LogP contribution in [0.1, 0.15) is 17.9 Å². The highest BCUT2D eigenvalue weighted by molar-refractivity contribution is 5.81. The summed E-state index contributed by atoms with van der Waals surface area (Å²) < 4.78 is 2.36. The Bertz CT molecular complexity index is 768. The van der Waals surface area contributed by atoms with Gasteiger partial charge in [0.2, 0.25) is 0 Å². The van der Waals surface area contributed by atoms with Crippen molar-refractivity contribution in [3.05, 3.63) is 36.0 Å². The van der Waals surface area contributed by atoms with Crippen molar-refractivity contribution >= 4 is 11.0 Å². The van der Waals surface area contributed by atoms with Crippen molar-refractivity contribution in [1.82, 2.24) is 24.8 Å². The van der Waals surface area contributed by atoms with E-state index in [9.17, 15) is 0 Å². The van der Waals surface area contributed by atoms with E-state index in [1.165, 1.54) is 17.7 Å². The zero-order chi connectivity index (χ0) is 13.5. The summed E-state index contributed by atoms with van der Waals surface area (Å²) in [4.78, 5) is 12.3. The first kappa shape index (κ1) is 11.7. The lowest BCUT2D eigenvalue weighted by molar-refractivity contribution is 0.653. The molecule has 20 heavy (non-hydrogen) atoms. The monoisotopic (exact) mass is 267 g/mol. The molecule has 0 fully saturated rings. The maximum atomic E-state index is 4.85. The van der Waals surface area contributed by atoms with E-state index in [0.29, 0.717) is 0 Å². The molecule has 1 aliphatic rings. The Morgan fingerprint density at radius 1 is 1.40 bits per heavy atom. The molecule has 0 atom stereocenters. The molecule has 0 spiro atoms. The smallest absolute Gasteiger partial charge is 0.123 e. The summed E-state index contributed by atoms with van der Waals surface area (Å²) in [7, 11) is 1.97. The fourth-order valence-electron chi connectivity index (χ4n) is 3.07. The molecule has 2 N–H and O–H groups in total. The number of hydrogen-bond donors (Lipinski definition) is 2. The summed E-state index contributed by atoms with van der Waals surface area (Å²) in [5, 5.41) is 3.20. The van der Waals surface area contributed by atoms with E-state index in [-0.39, 0.29) is 0 Å². The number of rotatable bonds is 3. The normalized spacial score (nSPS) is 14.1. The Morgan fingerprint density at radius 2 is 2.35 bits per heavy atom. The fraction of sp³-hybridized carbons (Fsp3) is 0.333. The number of hydrogen-bond acceptors (Lipinski definition) is 3. The SMILES string of the molecule is CNCc1nc(-c2ccc3nc[nH]c3c2)c2n1CCC2. The van der Waals surface area contributed by atoms with E-state index in [1.807, 2.05) is 7.05 Å². The average Bonchev–Trinajstić information content (AvgIpc) is 3.14. The fourth-order valence-corrected chi connectivity index (χ4v) is 3.07. The Labute approximate surface area is 117 Å². The molecule has 1 aromatic carbocycles. The third kappa shape index (κ3) is 1.67. The molecule has 0 radical (unpaired) electrons. The minimum absolute atomic E-state index is 0.819. The molecule has 0 saturated carbocycles. The van der Waals surface area contributed by atoms with Crippen LogP contribution in [0.25, 0.3) is 22.3 Å². The first-order chi connectivity index (χ1) is 9.86. The van der Waals surface area contributed by atoms with Gasteiger partial charge in [0, 0.05) is 17.8 Å². The van der Waals surface area contributed by atoms with Crippen LogP contribution in [0.5, 0.6) is 0 Å². The number of benzene rings is 1. The highest BCUT2D eigenvalue weighted by Gasteiger charge is 2.22. The summed E-state index contributed by atoms with van der Waals surface area (Å²) in [6.07, 6.45) is 4.07. The average molecular weight is 267 g/mol. The molecule has 0 unspecified atom stereocenters. The van der Waals surface area contributed by atoms with E-state index in [4.69, 9.17) is 4.98 Å². The van der Waals surface area contributed by atoms with Crippen molar-refractivity contribution in [2.45, 2.75) is 25.9 Å². The second kappa shape index (κ2) is 4.45. The Kier molecular flexibility index (Phi) is 2.60. The van der Waals surface area contributed by atoms with Gasteiger partial charge in [-0.05, 0) is 32.0 Å². The van der Waals surface area contributed by atoms with Gasteiger partial charge in [0.05, 0.1) is 29.6 Å². The van der Waals surface area contributed by atoms with Gasteiger partial charge in [-0.1, -0.05) is 6.07 Å². The van der Waals surface area contributed by atoms with E-state index in [1.54, 1.807) is 6.33 Å². The van der Waals surface area contributed by atoms with Crippen LogP contribution in [0.4, 0.5) is 0 Å². The van der Waals surface area contributed by atoms with Gasteiger partial charge < -0.3 is 14.9 Å². The molecule has 4 rings (SSSR count). The van der Waals surface area contributed by atoms with Crippen LogP contribution >= 0.6 is 0 Å². The largest absolute Gasteiger partial charge is 0.345 e. The van der Waals surface area contributed by atoms with Gasteiger partial charge in [-0.2, -0.15) is 0 Å². The zero-order valence-corrected chi connectivity index (χ0v) is 11.5. The van der Waals surface area contributed by atoms with E-state index in [2.05, 4.69) is 38.1 Å². The molecule has 0 bridgehead atoms. The van der Waals surface area contributed by atoms with Crippen molar-refractivity contribution < 1.29 is 0 Å². The molecule has 0 saturated heterocycles. The van der Waals surface area contributed by atoms with Gasteiger partial charge in [-0.25, -0.2) is 9.97 Å². The molecular formula is C15H17N5. The third-order valence-electron chi connectivity index (χ3n) is 3.98. The second-order valence-corrected chi connectivity index (χ2v) is 5.24. The van der Waals surface area contributed by atoms with Crippen LogP contribution in [0.15, 0.2) is 24.5 Å². The number of H-pyrrole nitrogens is 1. The van der Waals surface area contributed by atoms with Crippen LogP contribution < -0.4 is 5.32 Å². The summed E-state index contributed by atoms with van der Waals surface area (Å²) in [5.74, 6) is 1.14. The molecule has 3 aromatic rings. The Morgan fingerprint density at radius 3 is 3.25 bits per heavy atom. The molecule has 0 aliphatic carbocycles. The molecule has 5 heteroatoms. The molecule has 5 nitrogen and oxygen atoms in total. The quantitative estimate of drug-likeness (QED) is 0.764. The molecule has 102 valence electrons. The number of nitrogens with zero attached hydrogens (tertiary/aromatic N) is 3. The predicted octanol–water partition coefficient (Wildman–Crippen LogP) is 2.09. The topological polar surface area (TPSA) is 58.5 Å². The Hall–Kier alpha value is -2.14. The number of nitrogens with one attached hydrogen (secondary N) is 2. The van der Waals surface area contributed by atoms with Crippen LogP contribution in [0.2, 0.25) is 0 Å². The van der Waals surface area contributed by atoms with Gasteiger partial charge in [-0.3, -0.25) is 0 Å². The minimum Gasteiger partial charge on any atom is -0.345 e. The van der Waals surface area contributed by atoms with Crippen molar-refractivity contribution in [3.63, 3.8) is 0 Å². The standard InChI is InChI=1S/C15H17N5/c1-16-8-14-19-15(13-3-2-6-20(13)14)10-4-5-11-12(7-10)18-9-17-11/h4-5,7,9,16H,2-3,6,8H2,1H3,(H,17,18).